The minimum Gasteiger partial charge on any atom is -0.396 e. The summed E-state index contributed by atoms with van der Waals surface area (Å²) < 4.78 is 0. The Kier molecular flexibility index (Phi) is 5.06. The molecule has 1 unspecified atom stereocenters. The van der Waals surface area contributed by atoms with Crippen LogP contribution in [-0.2, 0) is 0 Å². The van der Waals surface area contributed by atoms with Crippen molar-refractivity contribution in [1.82, 2.24) is 5.32 Å². The molecule has 0 fully saturated rings. The van der Waals surface area contributed by atoms with Gasteiger partial charge in [-0.15, -0.1) is 0 Å². The van der Waals surface area contributed by atoms with Crippen LogP contribution < -0.4 is 5.32 Å². The van der Waals surface area contributed by atoms with Gasteiger partial charge >= 0.3 is 0 Å². The maximum absolute atomic E-state index is 11.8. The lowest BCUT2D eigenvalue weighted by Crippen LogP contribution is -2.30. The van der Waals surface area contributed by atoms with Crippen molar-refractivity contribution in [2.75, 3.05) is 13.2 Å². The van der Waals surface area contributed by atoms with E-state index in [-0.39, 0.29) is 35.3 Å². The summed E-state index contributed by atoms with van der Waals surface area (Å²) in [6.07, 6.45) is 0. The Morgan fingerprint density at radius 2 is 2.28 bits per heavy atom. The van der Waals surface area contributed by atoms with Crippen molar-refractivity contribution in [2.45, 2.75) is 6.92 Å². The monoisotopic (exact) mass is 272 g/mol. The number of hydrogen-bond acceptors (Lipinski definition) is 4. The van der Waals surface area contributed by atoms with E-state index in [1.165, 1.54) is 12.1 Å². The highest BCUT2D eigenvalue weighted by Gasteiger charge is 2.20. The third kappa shape index (κ3) is 3.68. The number of aliphatic hydroxyl groups is 1. The molecule has 1 aromatic carbocycles. The van der Waals surface area contributed by atoms with Crippen molar-refractivity contribution in [3.8, 4) is 0 Å². The summed E-state index contributed by atoms with van der Waals surface area (Å²) in [5, 5.41) is 22.3. The Morgan fingerprint density at radius 1 is 1.61 bits per heavy atom. The Balaban J connectivity index is 2.88. The van der Waals surface area contributed by atoms with Crippen molar-refractivity contribution >= 4 is 23.2 Å². The summed E-state index contributed by atoms with van der Waals surface area (Å²) in [7, 11) is 0. The van der Waals surface area contributed by atoms with E-state index in [4.69, 9.17) is 16.7 Å². The molecule has 0 aliphatic carbocycles. The Labute approximate surface area is 109 Å². The second-order valence-corrected chi connectivity index (χ2v) is 4.35. The van der Waals surface area contributed by atoms with E-state index in [1.807, 2.05) is 0 Å². The van der Waals surface area contributed by atoms with Gasteiger partial charge in [-0.1, -0.05) is 18.5 Å². The Morgan fingerprint density at radius 3 is 2.83 bits per heavy atom. The molecule has 18 heavy (non-hydrogen) atoms. The molecule has 0 saturated carbocycles. The molecule has 7 heteroatoms. The van der Waals surface area contributed by atoms with Gasteiger partial charge < -0.3 is 10.4 Å². The first kappa shape index (κ1) is 14.4. The van der Waals surface area contributed by atoms with E-state index in [2.05, 4.69) is 5.32 Å². The van der Waals surface area contributed by atoms with Gasteiger partial charge in [-0.05, 0) is 18.1 Å². The van der Waals surface area contributed by atoms with Crippen LogP contribution in [0.4, 0.5) is 5.69 Å². The number of hydrogen-bond donors (Lipinski definition) is 2. The lowest BCUT2D eigenvalue weighted by molar-refractivity contribution is -0.385. The molecule has 0 aliphatic heterocycles. The molecule has 98 valence electrons. The zero-order valence-corrected chi connectivity index (χ0v) is 10.5. The van der Waals surface area contributed by atoms with E-state index in [0.29, 0.717) is 0 Å². The summed E-state index contributed by atoms with van der Waals surface area (Å²) in [6.45, 7) is 1.93. The van der Waals surface area contributed by atoms with Crippen LogP contribution in [0, 0.1) is 16.0 Å². The fourth-order valence-corrected chi connectivity index (χ4v) is 1.44. The van der Waals surface area contributed by atoms with Crippen molar-refractivity contribution < 1.29 is 14.8 Å². The molecule has 6 nitrogen and oxygen atoms in total. The summed E-state index contributed by atoms with van der Waals surface area (Å²) in [4.78, 5) is 21.9. The van der Waals surface area contributed by atoms with Gasteiger partial charge in [0.15, 0.2) is 0 Å². The first-order chi connectivity index (χ1) is 8.45. The fourth-order valence-electron chi connectivity index (χ4n) is 1.27. The van der Waals surface area contributed by atoms with Gasteiger partial charge in [0, 0.05) is 24.2 Å². The number of amides is 1. The van der Waals surface area contributed by atoms with Gasteiger partial charge in [0.25, 0.3) is 11.6 Å². The maximum Gasteiger partial charge on any atom is 0.283 e. The van der Waals surface area contributed by atoms with Crippen LogP contribution in [0.15, 0.2) is 18.2 Å². The number of nitro groups is 1. The molecule has 0 radical (unpaired) electrons. The lowest BCUT2D eigenvalue weighted by atomic mass is 10.1. The van der Waals surface area contributed by atoms with Gasteiger partial charge in [0.2, 0.25) is 0 Å². The van der Waals surface area contributed by atoms with Gasteiger partial charge in [-0.25, -0.2) is 0 Å². The molecule has 0 saturated heterocycles. The molecule has 1 aromatic rings. The number of nitrogens with zero attached hydrogens (tertiary/aromatic N) is 1. The van der Waals surface area contributed by atoms with Gasteiger partial charge in [-0.3, -0.25) is 14.9 Å². The number of rotatable bonds is 5. The average Bonchev–Trinajstić information content (AvgIpc) is 2.35. The maximum atomic E-state index is 11.8. The van der Waals surface area contributed by atoms with Crippen LogP contribution in [-0.4, -0.2) is 29.1 Å². The van der Waals surface area contributed by atoms with Crippen molar-refractivity contribution in [2.24, 2.45) is 5.92 Å². The smallest absolute Gasteiger partial charge is 0.283 e. The van der Waals surface area contributed by atoms with Crippen molar-refractivity contribution in [3.63, 3.8) is 0 Å². The normalized spacial score (nSPS) is 11.9. The number of nitrogens with one attached hydrogen (secondary N) is 1. The van der Waals surface area contributed by atoms with Gasteiger partial charge in [0.05, 0.1) is 4.92 Å². The van der Waals surface area contributed by atoms with E-state index >= 15 is 0 Å². The van der Waals surface area contributed by atoms with E-state index < -0.39 is 10.8 Å². The summed E-state index contributed by atoms with van der Waals surface area (Å²) in [6, 6.07) is 3.85. The molecule has 0 bridgehead atoms. The number of benzene rings is 1. The Bertz CT molecular complexity index is 464. The minimum absolute atomic E-state index is 0.0467. The largest absolute Gasteiger partial charge is 0.396 e. The summed E-state index contributed by atoms with van der Waals surface area (Å²) in [5.74, 6) is -0.668. The molecule has 0 aromatic heterocycles. The van der Waals surface area contributed by atoms with Crippen molar-refractivity contribution in [1.29, 1.82) is 0 Å². The number of carbonyl (C=O) groups excluding carboxylic acids is 1. The van der Waals surface area contributed by atoms with E-state index in [1.54, 1.807) is 6.92 Å². The van der Waals surface area contributed by atoms with Gasteiger partial charge in [0.1, 0.15) is 5.56 Å². The quantitative estimate of drug-likeness (QED) is 0.629. The third-order valence-electron chi connectivity index (χ3n) is 2.32. The number of aliphatic hydroxyl groups excluding tert-OH is 1. The SMILES string of the molecule is CC(CO)CNC(=O)c1ccc(Cl)cc1[N+](=O)[O-]. The van der Waals surface area contributed by atoms with Crippen LogP contribution in [0.5, 0.6) is 0 Å². The second kappa shape index (κ2) is 6.32. The van der Waals surface area contributed by atoms with Crippen LogP contribution in [0.1, 0.15) is 17.3 Å². The fraction of sp³-hybridized carbons (Fsp3) is 0.364. The zero-order chi connectivity index (χ0) is 13.7. The average molecular weight is 273 g/mol. The molecule has 2 N–H and O–H groups in total. The van der Waals surface area contributed by atoms with Crippen molar-refractivity contribution in [3.05, 3.63) is 38.9 Å². The number of carbonyl (C=O) groups is 1. The third-order valence-corrected chi connectivity index (χ3v) is 2.56. The predicted molar refractivity (Wildman–Crippen MR) is 66.7 cm³/mol. The van der Waals surface area contributed by atoms with Crippen LogP contribution in [0.3, 0.4) is 0 Å². The highest BCUT2D eigenvalue weighted by atomic mass is 35.5. The van der Waals surface area contributed by atoms with Gasteiger partial charge in [-0.2, -0.15) is 0 Å². The molecule has 1 amide bonds. The first-order valence-corrected chi connectivity index (χ1v) is 5.66. The predicted octanol–water partition coefficient (Wildman–Crippen LogP) is 1.61. The first-order valence-electron chi connectivity index (χ1n) is 5.28. The topological polar surface area (TPSA) is 92.5 Å². The minimum atomic E-state index is -0.656. The standard InChI is InChI=1S/C11H13ClN2O4/c1-7(6-15)5-13-11(16)9-3-2-8(12)4-10(9)14(17)18/h2-4,7,15H,5-6H2,1H3,(H,13,16). The summed E-state index contributed by atoms with van der Waals surface area (Å²) >= 11 is 5.65. The molecule has 1 rings (SSSR count). The highest BCUT2D eigenvalue weighted by Crippen LogP contribution is 2.23. The number of nitro benzene ring substituents is 1. The zero-order valence-electron chi connectivity index (χ0n) is 9.72. The second-order valence-electron chi connectivity index (χ2n) is 3.92. The van der Waals surface area contributed by atoms with Crippen LogP contribution in [0.2, 0.25) is 5.02 Å². The molecule has 0 heterocycles. The Hall–Kier alpha value is -1.66. The summed E-state index contributed by atoms with van der Waals surface area (Å²) in [5.41, 5.74) is -0.383. The molecule has 0 spiro atoms. The molecular weight excluding hydrogens is 260 g/mol. The van der Waals surface area contributed by atoms with Crippen LogP contribution in [0.25, 0.3) is 0 Å². The van der Waals surface area contributed by atoms with E-state index in [0.717, 1.165) is 6.07 Å². The molecule has 0 aliphatic rings. The highest BCUT2D eigenvalue weighted by molar-refractivity contribution is 6.31. The molecule has 1 atom stereocenters. The molecular formula is C11H13ClN2O4. The lowest BCUT2D eigenvalue weighted by Gasteiger charge is -2.09. The van der Waals surface area contributed by atoms with Crippen LogP contribution >= 0.6 is 11.6 Å². The number of halogens is 1. The van der Waals surface area contributed by atoms with E-state index in [9.17, 15) is 14.9 Å².